The van der Waals surface area contributed by atoms with Crippen molar-refractivity contribution in [3.8, 4) is 0 Å². The summed E-state index contributed by atoms with van der Waals surface area (Å²) in [5.41, 5.74) is 0.258. The van der Waals surface area contributed by atoms with Gasteiger partial charge >= 0.3 is 0 Å². The van der Waals surface area contributed by atoms with Gasteiger partial charge in [0.25, 0.3) is 0 Å². The molecule has 102 valence electrons. The molecule has 1 N–H and O–H groups in total. The van der Waals surface area contributed by atoms with E-state index in [0.29, 0.717) is 0 Å². The first-order valence-electron chi connectivity index (χ1n) is 7.13. The molecule has 3 heteroatoms. The van der Waals surface area contributed by atoms with Crippen LogP contribution in [0.25, 0.3) is 0 Å². The zero-order valence-electron chi connectivity index (χ0n) is 12.3. The molecule has 0 aromatic heterocycles. The highest BCUT2D eigenvalue weighted by Gasteiger charge is 2.12. The van der Waals surface area contributed by atoms with Crippen molar-refractivity contribution in [3.63, 3.8) is 0 Å². The molecule has 0 unspecified atom stereocenters. The van der Waals surface area contributed by atoms with Crippen molar-refractivity contribution in [2.75, 3.05) is 46.3 Å². The van der Waals surface area contributed by atoms with E-state index in [2.05, 4.69) is 42.9 Å². The average Bonchev–Trinajstić information content (AvgIpc) is 2.73. The molecule has 1 aliphatic rings. The topological polar surface area (TPSA) is 18.5 Å². The standard InChI is InChI=1S/C14H31N3/c1-14(2,3)15-8-7-9-16(4)12-13-17-10-5-6-11-17/h15H,5-13H2,1-4H3. The van der Waals surface area contributed by atoms with E-state index in [9.17, 15) is 0 Å². The van der Waals surface area contributed by atoms with E-state index in [1.165, 1.54) is 52.0 Å². The second-order valence-electron chi connectivity index (χ2n) is 6.38. The van der Waals surface area contributed by atoms with Gasteiger partial charge in [0.2, 0.25) is 0 Å². The number of likely N-dealkylation sites (N-methyl/N-ethyl adjacent to an activating group) is 1. The molecule has 0 aliphatic carbocycles. The lowest BCUT2D eigenvalue weighted by atomic mass is 10.1. The summed E-state index contributed by atoms with van der Waals surface area (Å²) < 4.78 is 0. The summed E-state index contributed by atoms with van der Waals surface area (Å²) >= 11 is 0. The van der Waals surface area contributed by atoms with Gasteiger partial charge in [0.15, 0.2) is 0 Å². The molecule has 0 atom stereocenters. The predicted octanol–water partition coefficient (Wildman–Crippen LogP) is 1.79. The number of rotatable bonds is 7. The van der Waals surface area contributed by atoms with Crippen LogP contribution in [0, 0.1) is 0 Å². The average molecular weight is 241 g/mol. The van der Waals surface area contributed by atoms with Crippen molar-refractivity contribution >= 4 is 0 Å². The maximum absolute atomic E-state index is 3.54. The highest BCUT2D eigenvalue weighted by molar-refractivity contribution is 4.71. The number of nitrogens with zero attached hydrogens (tertiary/aromatic N) is 2. The Balaban J connectivity index is 1.95. The summed E-state index contributed by atoms with van der Waals surface area (Å²) in [6.45, 7) is 14.1. The molecule has 3 nitrogen and oxygen atoms in total. The fourth-order valence-corrected chi connectivity index (χ4v) is 2.24. The summed E-state index contributed by atoms with van der Waals surface area (Å²) in [4.78, 5) is 5.05. The molecule has 17 heavy (non-hydrogen) atoms. The van der Waals surface area contributed by atoms with Gasteiger partial charge in [-0.3, -0.25) is 0 Å². The van der Waals surface area contributed by atoms with E-state index in [1.54, 1.807) is 0 Å². The first-order chi connectivity index (χ1) is 7.97. The molecule has 0 saturated carbocycles. The Labute approximate surface area is 108 Å². The third-order valence-corrected chi connectivity index (χ3v) is 3.37. The van der Waals surface area contributed by atoms with Crippen molar-refractivity contribution in [3.05, 3.63) is 0 Å². The number of hydrogen-bond donors (Lipinski definition) is 1. The Morgan fingerprint density at radius 3 is 2.35 bits per heavy atom. The van der Waals surface area contributed by atoms with Crippen molar-refractivity contribution in [2.24, 2.45) is 0 Å². The van der Waals surface area contributed by atoms with Gasteiger partial charge in [0.05, 0.1) is 0 Å². The highest BCUT2D eigenvalue weighted by Crippen LogP contribution is 2.06. The molecule has 1 saturated heterocycles. The molecule has 0 radical (unpaired) electrons. The van der Waals surface area contributed by atoms with Gasteiger partial charge < -0.3 is 15.1 Å². The van der Waals surface area contributed by atoms with Crippen LogP contribution in [-0.2, 0) is 0 Å². The highest BCUT2D eigenvalue weighted by atomic mass is 15.2. The Kier molecular flexibility index (Phi) is 6.45. The van der Waals surface area contributed by atoms with Crippen LogP contribution in [0.5, 0.6) is 0 Å². The van der Waals surface area contributed by atoms with Gasteiger partial charge in [-0.05, 0) is 73.3 Å². The molecule has 1 rings (SSSR count). The normalized spacial score (nSPS) is 18.2. The van der Waals surface area contributed by atoms with Crippen molar-refractivity contribution in [1.29, 1.82) is 0 Å². The summed E-state index contributed by atoms with van der Waals surface area (Å²) in [6, 6.07) is 0. The van der Waals surface area contributed by atoms with Gasteiger partial charge in [-0.1, -0.05) is 0 Å². The molecule has 0 aromatic carbocycles. The lowest BCUT2D eigenvalue weighted by Crippen LogP contribution is -2.38. The molecule has 0 aromatic rings. The maximum atomic E-state index is 3.54. The Bertz CT molecular complexity index is 192. The fraction of sp³-hybridized carbons (Fsp3) is 1.00. The second kappa shape index (κ2) is 7.34. The lowest BCUT2D eigenvalue weighted by Gasteiger charge is -2.23. The molecule has 1 aliphatic heterocycles. The molecule has 1 fully saturated rings. The van der Waals surface area contributed by atoms with Crippen molar-refractivity contribution < 1.29 is 0 Å². The van der Waals surface area contributed by atoms with E-state index in [4.69, 9.17) is 0 Å². The van der Waals surface area contributed by atoms with Crippen LogP contribution in [0.3, 0.4) is 0 Å². The monoisotopic (exact) mass is 241 g/mol. The Morgan fingerprint density at radius 1 is 1.12 bits per heavy atom. The Hall–Kier alpha value is -0.120. The summed E-state index contributed by atoms with van der Waals surface area (Å²) in [6.07, 6.45) is 4.05. The lowest BCUT2D eigenvalue weighted by molar-refractivity contribution is 0.252. The van der Waals surface area contributed by atoms with Crippen LogP contribution >= 0.6 is 0 Å². The van der Waals surface area contributed by atoms with E-state index in [1.807, 2.05) is 0 Å². The van der Waals surface area contributed by atoms with Crippen LogP contribution in [-0.4, -0.2) is 61.7 Å². The predicted molar refractivity (Wildman–Crippen MR) is 75.5 cm³/mol. The third-order valence-electron chi connectivity index (χ3n) is 3.37. The molecule has 0 spiro atoms. The Morgan fingerprint density at radius 2 is 1.76 bits per heavy atom. The zero-order chi connectivity index (χ0) is 12.7. The fourth-order valence-electron chi connectivity index (χ4n) is 2.24. The summed E-state index contributed by atoms with van der Waals surface area (Å²) in [5.74, 6) is 0. The van der Waals surface area contributed by atoms with Crippen LogP contribution in [0.15, 0.2) is 0 Å². The first-order valence-corrected chi connectivity index (χ1v) is 7.13. The first kappa shape index (κ1) is 14.9. The SMILES string of the molecule is CN(CCCNC(C)(C)C)CCN1CCCC1. The molecule has 0 bridgehead atoms. The van der Waals surface area contributed by atoms with Crippen molar-refractivity contribution in [2.45, 2.75) is 45.6 Å². The van der Waals surface area contributed by atoms with Gasteiger partial charge in [-0.15, -0.1) is 0 Å². The minimum absolute atomic E-state index is 0.258. The minimum atomic E-state index is 0.258. The van der Waals surface area contributed by atoms with Gasteiger partial charge in [0, 0.05) is 18.6 Å². The zero-order valence-corrected chi connectivity index (χ0v) is 12.3. The van der Waals surface area contributed by atoms with Crippen molar-refractivity contribution in [1.82, 2.24) is 15.1 Å². The van der Waals surface area contributed by atoms with Crippen LogP contribution < -0.4 is 5.32 Å². The quantitative estimate of drug-likeness (QED) is 0.686. The molecule has 0 amide bonds. The van der Waals surface area contributed by atoms with Crippen LogP contribution in [0.4, 0.5) is 0 Å². The smallest absolute Gasteiger partial charge is 0.0109 e. The number of nitrogens with one attached hydrogen (secondary N) is 1. The molecule has 1 heterocycles. The van der Waals surface area contributed by atoms with E-state index in [0.717, 1.165) is 6.54 Å². The van der Waals surface area contributed by atoms with E-state index >= 15 is 0 Å². The van der Waals surface area contributed by atoms with Gasteiger partial charge in [-0.25, -0.2) is 0 Å². The molecular weight excluding hydrogens is 210 g/mol. The second-order valence-corrected chi connectivity index (χ2v) is 6.38. The van der Waals surface area contributed by atoms with Gasteiger partial charge in [0.1, 0.15) is 0 Å². The summed E-state index contributed by atoms with van der Waals surface area (Å²) in [5, 5.41) is 3.54. The molecular formula is C14H31N3. The van der Waals surface area contributed by atoms with Crippen LogP contribution in [0.2, 0.25) is 0 Å². The van der Waals surface area contributed by atoms with E-state index in [-0.39, 0.29) is 5.54 Å². The maximum Gasteiger partial charge on any atom is 0.0109 e. The number of hydrogen-bond acceptors (Lipinski definition) is 3. The largest absolute Gasteiger partial charge is 0.312 e. The van der Waals surface area contributed by atoms with E-state index < -0.39 is 0 Å². The number of likely N-dealkylation sites (tertiary alicyclic amines) is 1. The van der Waals surface area contributed by atoms with Crippen LogP contribution in [0.1, 0.15) is 40.0 Å². The van der Waals surface area contributed by atoms with Gasteiger partial charge in [-0.2, -0.15) is 0 Å². The minimum Gasteiger partial charge on any atom is -0.312 e. The summed E-state index contributed by atoms with van der Waals surface area (Å²) in [7, 11) is 2.24. The third kappa shape index (κ3) is 7.74.